The number of benzene rings is 1. The first-order valence-corrected chi connectivity index (χ1v) is 9.42. The summed E-state index contributed by atoms with van der Waals surface area (Å²) >= 11 is 0. The van der Waals surface area contributed by atoms with Gasteiger partial charge in [-0.15, -0.1) is 0 Å². The normalized spacial score (nSPS) is 10.6. The Hall–Kier alpha value is -3.95. The molecule has 156 valence electrons. The standard InChI is InChI=1S/C20H21N5O5/c1-2-25-20(29)14-8-4-3-7-13(14)17(24-25)19(28)23-22-16(26)10-5-11-21-18(27)15-9-6-12-30-15/h3-4,6-9,12H,2,5,10-11H2,1H3,(H,21,27)(H,22,26)(H,23,28). The van der Waals surface area contributed by atoms with Crippen LogP contribution in [-0.4, -0.2) is 34.0 Å². The van der Waals surface area contributed by atoms with Crippen molar-refractivity contribution in [3.8, 4) is 0 Å². The molecule has 0 bridgehead atoms. The molecule has 0 aliphatic heterocycles. The number of hydrogen-bond acceptors (Lipinski definition) is 6. The molecule has 0 saturated carbocycles. The second kappa shape index (κ2) is 9.50. The van der Waals surface area contributed by atoms with Crippen molar-refractivity contribution >= 4 is 28.5 Å². The van der Waals surface area contributed by atoms with Crippen LogP contribution in [0, 0.1) is 0 Å². The maximum absolute atomic E-state index is 12.5. The molecule has 1 aromatic carbocycles. The van der Waals surface area contributed by atoms with E-state index in [9.17, 15) is 19.2 Å². The summed E-state index contributed by atoms with van der Waals surface area (Å²) in [5.74, 6) is -1.23. The lowest BCUT2D eigenvalue weighted by Crippen LogP contribution is -2.43. The van der Waals surface area contributed by atoms with Gasteiger partial charge in [0.15, 0.2) is 11.5 Å². The van der Waals surface area contributed by atoms with E-state index in [4.69, 9.17) is 4.42 Å². The van der Waals surface area contributed by atoms with Gasteiger partial charge in [0, 0.05) is 24.9 Å². The van der Waals surface area contributed by atoms with Crippen LogP contribution in [0.5, 0.6) is 0 Å². The molecule has 10 heteroatoms. The minimum Gasteiger partial charge on any atom is -0.459 e. The Morgan fingerprint density at radius 2 is 1.80 bits per heavy atom. The van der Waals surface area contributed by atoms with Crippen LogP contribution in [-0.2, 0) is 11.3 Å². The maximum atomic E-state index is 12.5. The van der Waals surface area contributed by atoms with Gasteiger partial charge in [0.2, 0.25) is 5.91 Å². The molecule has 0 spiro atoms. The average molecular weight is 411 g/mol. The van der Waals surface area contributed by atoms with Gasteiger partial charge in [-0.3, -0.25) is 30.0 Å². The van der Waals surface area contributed by atoms with Crippen molar-refractivity contribution < 1.29 is 18.8 Å². The summed E-state index contributed by atoms with van der Waals surface area (Å²) in [4.78, 5) is 48.5. The molecule has 0 saturated heterocycles. The third-order valence-electron chi connectivity index (χ3n) is 4.31. The van der Waals surface area contributed by atoms with E-state index in [0.717, 1.165) is 0 Å². The van der Waals surface area contributed by atoms with Crippen LogP contribution in [0.25, 0.3) is 10.8 Å². The summed E-state index contributed by atoms with van der Waals surface area (Å²) in [5.41, 5.74) is 4.38. The fraction of sp³-hybridized carbons (Fsp3) is 0.250. The van der Waals surface area contributed by atoms with Crippen molar-refractivity contribution in [2.75, 3.05) is 6.54 Å². The highest BCUT2D eigenvalue weighted by molar-refractivity contribution is 6.05. The summed E-state index contributed by atoms with van der Waals surface area (Å²) in [7, 11) is 0. The lowest BCUT2D eigenvalue weighted by atomic mass is 10.1. The predicted octanol–water partition coefficient (Wildman–Crippen LogP) is 0.981. The van der Waals surface area contributed by atoms with Gasteiger partial charge in [-0.25, -0.2) is 4.68 Å². The van der Waals surface area contributed by atoms with E-state index >= 15 is 0 Å². The van der Waals surface area contributed by atoms with Crippen LogP contribution in [0.15, 0.2) is 51.9 Å². The van der Waals surface area contributed by atoms with Crippen LogP contribution in [0.2, 0.25) is 0 Å². The molecule has 0 atom stereocenters. The first-order chi connectivity index (χ1) is 14.5. The largest absolute Gasteiger partial charge is 0.459 e. The Balaban J connectivity index is 1.53. The number of amides is 3. The molecule has 0 aliphatic carbocycles. The molecule has 10 nitrogen and oxygen atoms in total. The van der Waals surface area contributed by atoms with Crippen molar-refractivity contribution in [2.24, 2.45) is 0 Å². The van der Waals surface area contributed by atoms with E-state index in [2.05, 4.69) is 21.3 Å². The summed E-state index contributed by atoms with van der Waals surface area (Å²) < 4.78 is 6.16. The Kier molecular flexibility index (Phi) is 6.58. The Labute approximate surface area is 171 Å². The van der Waals surface area contributed by atoms with Gasteiger partial charge in [-0.05, 0) is 31.5 Å². The molecule has 3 N–H and O–H groups in total. The summed E-state index contributed by atoms with van der Waals surface area (Å²) in [5, 5.41) is 7.50. The molecule has 0 aliphatic rings. The molecule has 0 unspecified atom stereocenters. The molecule has 0 radical (unpaired) electrons. The molecular weight excluding hydrogens is 390 g/mol. The Morgan fingerprint density at radius 1 is 1.03 bits per heavy atom. The first kappa shape index (κ1) is 20.8. The number of aromatic nitrogens is 2. The van der Waals surface area contributed by atoms with Crippen LogP contribution < -0.4 is 21.7 Å². The van der Waals surface area contributed by atoms with Crippen molar-refractivity contribution in [2.45, 2.75) is 26.3 Å². The lowest BCUT2D eigenvalue weighted by molar-refractivity contribution is -0.121. The first-order valence-electron chi connectivity index (χ1n) is 9.42. The number of fused-ring (bicyclic) bond motifs is 1. The van der Waals surface area contributed by atoms with Crippen LogP contribution >= 0.6 is 0 Å². The van der Waals surface area contributed by atoms with Gasteiger partial charge in [-0.2, -0.15) is 5.10 Å². The Bertz CT molecular complexity index is 1120. The zero-order valence-corrected chi connectivity index (χ0v) is 16.3. The number of aryl methyl sites for hydroxylation is 1. The molecule has 0 fully saturated rings. The van der Waals surface area contributed by atoms with Gasteiger partial charge >= 0.3 is 0 Å². The third-order valence-corrected chi connectivity index (χ3v) is 4.31. The molecule has 2 aromatic heterocycles. The number of carbonyl (C=O) groups is 3. The zero-order chi connectivity index (χ0) is 21.5. The van der Waals surface area contributed by atoms with Crippen molar-refractivity contribution in [1.29, 1.82) is 0 Å². The minimum absolute atomic E-state index is 0.0399. The SMILES string of the molecule is CCn1nc(C(=O)NNC(=O)CCCNC(=O)c2ccco2)c2ccccc2c1=O. The molecule has 3 aromatic rings. The lowest BCUT2D eigenvalue weighted by Gasteiger charge is -2.11. The van der Waals surface area contributed by atoms with Crippen molar-refractivity contribution in [1.82, 2.24) is 25.9 Å². The number of nitrogens with one attached hydrogen (secondary N) is 3. The van der Waals surface area contributed by atoms with Gasteiger partial charge in [-0.1, -0.05) is 18.2 Å². The number of furan rings is 1. The number of rotatable bonds is 7. The number of hydrogen-bond donors (Lipinski definition) is 3. The van der Waals surface area contributed by atoms with Crippen LogP contribution in [0.1, 0.15) is 40.8 Å². The fourth-order valence-corrected chi connectivity index (χ4v) is 2.81. The van der Waals surface area contributed by atoms with Gasteiger partial charge < -0.3 is 9.73 Å². The number of nitrogens with zero attached hydrogens (tertiary/aromatic N) is 2. The number of carbonyl (C=O) groups excluding carboxylic acids is 3. The quantitative estimate of drug-likeness (QED) is 0.392. The fourth-order valence-electron chi connectivity index (χ4n) is 2.81. The van der Waals surface area contributed by atoms with Crippen LogP contribution in [0.3, 0.4) is 0 Å². The minimum atomic E-state index is -0.632. The van der Waals surface area contributed by atoms with E-state index in [1.807, 2.05) is 0 Å². The Morgan fingerprint density at radius 3 is 2.50 bits per heavy atom. The summed E-state index contributed by atoms with van der Waals surface area (Å²) in [6.45, 7) is 2.33. The van der Waals surface area contributed by atoms with E-state index in [1.165, 1.54) is 17.0 Å². The highest BCUT2D eigenvalue weighted by Crippen LogP contribution is 2.13. The van der Waals surface area contributed by atoms with Crippen LogP contribution in [0.4, 0.5) is 0 Å². The van der Waals surface area contributed by atoms with Crippen molar-refractivity contribution in [3.63, 3.8) is 0 Å². The zero-order valence-electron chi connectivity index (χ0n) is 16.3. The molecule has 3 rings (SSSR count). The summed E-state index contributed by atoms with van der Waals surface area (Å²) in [6, 6.07) is 9.80. The van der Waals surface area contributed by atoms with E-state index in [-0.39, 0.29) is 35.9 Å². The predicted molar refractivity (Wildman–Crippen MR) is 108 cm³/mol. The monoisotopic (exact) mass is 411 g/mol. The maximum Gasteiger partial charge on any atom is 0.290 e. The highest BCUT2D eigenvalue weighted by Gasteiger charge is 2.16. The van der Waals surface area contributed by atoms with Gasteiger partial charge in [0.1, 0.15) is 0 Å². The second-order valence-corrected chi connectivity index (χ2v) is 6.35. The smallest absolute Gasteiger partial charge is 0.290 e. The topological polar surface area (TPSA) is 135 Å². The molecule has 30 heavy (non-hydrogen) atoms. The van der Waals surface area contributed by atoms with Gasteiger partial charge in [0.05, 0.1) is 11.6 Å². The third kappa shape index (κ3) is 4.72. The van der Waals surface area contributed by atoms with Gasteiger partial charge in [0.25, 0.3) is 17.4 Å². The highest BCUT2D eigenvalue weighted by atomic mass is 16.3. The summed E-state index contributed by atoms with van der Waals surface area (Å²) in [6.07, 6.45) is 1.85. The molecule has 2 heterocycles. The van der Waals surface area contributed by atoms with E-state index < -0.39 is 11.8 Å². The second-order valence-electron chi connectivity index (χ2n) is 6.35. The van der Waals surface area contributed by atoms with E-state index in [0.29, 0.717) is 23.7 Å². The van der Waals surface area contributed by atoms with E-state index in [1.54, 1.807) is 37.3 Å². The average Bonchev–Trinajstić information content (AvgIpc) is 3.30. The number of hydrazine groups is 1. The van der Waals surface area contributed by atoms with Crippen molar-refractivity contribution in [3.05, 3.63) is 64.5 Å². The molecular formula is C20H21N5O5. The molecule has 3 amide bonds.